The first-order valence-corrected chi connectivity index (χ1v) is 31.2. The molecule has 0 saturated carbocycles. The Morgan fingerprint density at radius 1 is 0.513 bits per heavy atom. The third-order valence-electron chi connectivity index (χ3n) is 14.3. The van der Waals surface area contributed by atoms with Gasteiger partial charge in [0.2, 0.25) is 5.91 Å². The van der Waals surface area contributed by atoms with Gasteiger partial charge in [0.05, 0.1) is 25.4 Å². The summed E-state index contributed by atoms with van der Waals surface area (Å²) in [5.41, 5.74) is 0. The van der Waals surface area contributed by atoms with Gasteiger partial charge in [-0.3, -0.25) is 9.59 Å². The lowest BCUT2D eigenvalue weighted by atomic mass is 9.99. The van der Waals surface area contributed by atoms with E-state index >= 15 is 0 Å². The Morgan fingerprint density at radius 3 is 1.39 bits per heavy atom. The van der Waals surface area contributed by atoms with E-state index in [0.717, 1.165) is 103 Å². The highest BCUT2D eigenvalue weighted by atomic mass is 16.7. The number of allylic oxidation sites excluding steroid dienone is 11. The number of ether oxygens (including phenoxy) is 3. The number of hydrogen-bond acceptors (Lipinski definition) is 10. The Labute approximate surface area is 464 Å². The van der Waals surface area contributed by atoms with E-state index < -0.39 is 67.4 Å². The van der Waals surface area contributed by atoms with Crippen molar-refractivity contribution in [1.82, 2.24) is 5.32 Å². The lowest BCUT2D eigenvalue weighted by Gasteiger charge is -2.41. The van der Waals surface area contributed by atoms with Crippen molar-refractivity contribution in [1.29, 1.82) is 0 Å². The molecule has 1 fully saturated rings. The van der Waals surface area contributed by atoms with E-state index in [2.05, 4.69) is 86.8 Å². The summed E-state index contributed by atoms with van der Waals surface area (Å²) in [6.45, 7) is 5.73. The highest BCUT2D eigenvalue weighted by molar-refractivity contribution is 5.80. The summed E-state index contributed by atoms with van der Waals surface area (Å²) in [5, 5.41) is 56.9. The van der Waals surface area contributed by atoms with E-state index in [1.807, 2.05) is 6.08 Å². The third-order valence-corrected chi connectivity index (χ3v) is 14.3. The van der Waals surface area contributed by atoms with Gasteiger partial charge in [-0.1, -0.05) is 235 Å². The van der Waals surface area contributed by atoms with Gasteiger partial charge in [0, 0.05) is 6.42 Å². The highest BCUT2D eigenvalue weighted by Gasteiger charge is 2.47. The summed E-state index contributed by atoms with van der Waals surface area (Å²) in [4.78, 5) is 26.5. The molecule has 1 heterocycles. The van der Waals surface area contributed by atoms with Crippen molar-refractivity contribution in [3.8, 4) is 0 Å². The zero-order valence-electron chi connectivity index (χ0n) is 48.6. The van der Waals surface area contributed by atoms with Crippen LogP contribution in [-0.4, -0.2) is 99.6 Å². The molecule has 6 N–H and O–H groups in total. The standard InChI is InChI=1S/C65H115NO10/c1-4-7-10-13-16-19-22-25-26-27-28-29-30-31-32-33-34-35-38-41-44-47-50-53-60(70)76-63-62(72)61(71)59(54-67)75-65(63)74-55-56(57(68)51-48-45-42-39-36-23-20-17-14-11-8-5-2)66-64(73)58(69)52-49-46-43-40-37-24-21-18-15-12-9-6-3/h16,19,25-26,28-29,31-32,37,40,48,51,56-59,61-63,65,67-69,71-72H,4-15,17-18,20-24,27,30,33-36,38-39,41-47,49-50,52-55H2,1-3H3,(H,66,73)/b19-16-,26-25-,29-28-,32-31-,40-37-,51-48+. The number of unbranched alkanes of at least 4 members (excludes halogenated alkanes) is 28. The predicted octanol–water partition coefficient (Wildman–Crippen LogP) is 14.8. The second-order valence-electron chi connectivity index (χ2n) is 21.4. The predicted molar refractivity (Wildman–Crippen MR) is 315 cm³/mol. The van der Waals surface area contributed by atoms with E-state index in [9.17, 15) is 35.1 Å². The second kappa shape index (κ2) is 52.8. The van der Waals surface area contributed by atoms with E-state index in [1.54, 1.807) is 6.08 Å². The average molecular weight is 1070 g/mol. The number of nitrogens with one attached hydrogen (secondary N) is 1. The Bertz CT molecular complexity index is 1510. The molecule has 1 amide bonds. The quantitative estimate of drug-likeness (QED) is 0.0195. The molecular weight excluding hydrogens is 955 g/mol. The SMILES string of the molecule is CCCCC/C=C\C/C=C\C/C=C\C/C=C\CCCCCCCCCC(=O)OC1C(OCC(NC(=O)C(O)CCCC/C=C\CCCCCCCC)C(O)/C=C/CCCCCCCCCCCC)OC(CO)C(O)C1O. The van der Waals surface area contributed by atoms with Gasteiger partial charge in [0.15, 0.2) is 12.4 Å². The Morgan fingerprint density at radius 2 is 0.908 bits per heavy atom. The molecule has 0 bridgehead atoms. The first kappa shape index (κ1) is 71.1. The summed E-state index contributed by atoms with van der Waals surface area (Å²) in [7, 11) is 0. The van der Waals surface area contributed by atoms with Crippen LogP contribution in [0.1, 0.15) is 265 Å². The van der Waals surface area contributed by atoms with Crippen molar-refractivity contribution in [2.45, 2.75) is 314 Å². The van der Waals surface area contributed by atoms with Crippen molar-refractivity contribution >= 4 is 11.9 Å². The van der Waals surface area contributed by atoms with Gasteiger partial charge in [-0.05, 0) is 96.3 Å². The maximum Gasteiger partial charge on any atom is 0.306 e. The molecular formula is C65H115NO10. The molecule has 11 nitrogen and oxygen atoms in total. The number of rotatable bonds is 52. The summed E-state index contributed by atoms with van der Waals surface area (Å²) in [6.07, 6.45) is 56.6. The Hall–Kier alpha value is -2.90. The molecule has 0 aliphatic carbocycles. The monoisotopic (exact) mass is 1070 g/mol. The van der Waals surface area contributed by atoms with Crippen molar-refractivity contribution in [3.05, 3.63) is 72.9 Å². The fourth-order valence-corrected chi connectivity index (χ4v) is 9.33. The molecule has 1 aliphatic rings. The van der Waals surface area contributed by atoms with E-state index in [0.29, 0.717) is 12.8 Å². The number of aliphatic hydroxyl groups excluding tert-OH is 5. The maximum absolute atomic E-state index is 13.4. The lowest BCUT2D eigenvalue weighted by molar-refractivity contribution is -0.305. The molecule has 1 aliphatic heterocycles. The fraction of sp³-hybridized carbons (Fsp3) is 0.785. The topological polar surface area (TPSA) is 175 Å². The Kier molecular flexibility index (Phi) is 49.4. The van der Waals surface area contributed by atoms with Crippen molar-refractivity contribution < 1.29 is 49.3 Å². The number of amides is 1. The number of carbonyl (C=O) groups is 2. The number of hydrogen-bond donors (Lipinski definition) is 6. The smallest absolute Gasteiger partial charge is 0.306 e. The van der Waals surface area contributed by atoms with Crippen molar-refractivity contribution in [3.63, 3.8) is 0 Å². The molecule has 76 heavy (non-hydrogen) atoms. The van der Waals surface area contributed by atoms with Gasteiger partial charge in [-0.2, -0.15) is 0 Å². The first-order valence-electron chi connectivity index (χ1n) is 31.2. The molecule has 1 rings (SSSR count). The van der Waals surface area contributed by atoms with Gasteiger partial charge in [0.25, 0.3) is 0 Å². The number of carbonyl (C=O) groups excluding carboxylic acids is 2. The lowest BCUT2D eigenvalue weighted by Crippen LogP contribution is -2.61. The minimum absolute atomic E-state index is 0.107. The molecule has 1 saturated heterocycles. The van der Waals surface area contributed by atoms with Crippen LogP contribution < -0.4 is 5.32 Å². The minimum Gasteiger partial charge on any atom is -0.454 e. The molecule has 11 heteroatoms. The molecule has 440 valence electrons. The van der Waals surface area contributed by atoms with Gasteiger partial charge in [0.1, 0.15) is 24.4 Å². The fourth-order valence-electron chi connectivity index (χ4n) is 9.33. The maximum atomic E-state index is 13.4. The van der Waals surface area contributed by atoms with Crippen LogP contribution in [0.2, 0.25) is 0 Å². The van der Waals surface area contributed by atoms with Crippen LogP contribution >= 0.6 is 0 Å². The Balaban J connectivity index is 2.65. The van der Waals surface area contributed by atoms with Crippen molar-refractivity contribution in [2.24, 2.45) is 0 Å². The van der Waals surface area contributed by atoms with Crippen LogP contribution in [0.4, 0.5) is 0 Å². The molecule has 0 spiro atoms. The number of esters is 1. The molecule has 0 aromatic rings. The minimum atomic E-state index is -1.62. The first-order chi connectivity index (χ1) is 37.2. The third kappa shape index (κ3) is 40.3. The van der Waals surface area contributed by atoms with Gasteiger partial charge >= 0.3 is 5.97 Å². The molecule has 8 atom stereocenters. The molecule has 0 aromatic heterocycles. The second-order valence-corrected chi connectivity index (χ2v) is 21.4. The number of aliphatic hydroxyl groups is 5. The van der Waals surface area contributed by atoms with E-state index in [4.69, 9.17) is 14.2 Å². The highest BCUT2D eigenvalue weighted by Crippen LogP contribution is 2.26. The summed E-state index contributed by atoms with van der Waals surface area (Å²) >= 11 is 0. The van der Waals surface area contributed by atoms with Crippen LogP contribution in [-0.2, 0) is 23.8 Å². The van der Waals surface area contributed by atoms with E-state index in [-0.39, 0.29) is 19.4 Å². The molecule has 8 unspecified atom stereocenters. The molecule has 0 aromatic carbocycles. The summed E-state index contributed by atoms with van der Waals surface area (Å²) in [5.74, 6) is -1.22. The van der Waals surface area contributed by atoms with Crippen LogP contribution in [0.5, 0.6) is 0 Å². The largest absolute Gasteiger partial charge is 0.454 e. The van der Waals surface area contributed by atoms with Gasteiger partial charge < -0.3 is 45.1 Å². The average Bonchev–Trinajstić information content (AvgIpc) is 3.42. The summed E-state index contributed by atoms with van der Waals surface area (Å²) < 4.78 is 17.6. The summed E-state index contributed by atoms with van der Waals surface area (Å²) in [6, 6.07) is -1.04. The normalized spacial score (nSPS) is 19.6. The van der Waals surface area contributed by atoms with E-state index in [1.165, 1.54) is 116 Å². The van der Waals surface area contributed by atoms with Gasteiger partial charge in [-0.15, -0.1) is 0 Å². The van der Waals surface area contributed by atoms with Gasteiger partial charge in [-0.25, -0.2) is 0 Å². The van der Waals surface area contributed by atoms with Crippen molar-refractivity contribution in [2.75, 3.05) is 13.2 Å². The molecule has 0 radical (unpaired) electrons. The van der Waals surface area contributed by atoms with Crippen LogP contribution in [0.25, 0.3) is 0 Å². The zero-order valence-corrected chi connectivity index (χ0v) is 48.6. The van der Waals surface area contributed by atoms with Crippen LogP contribution in [0.3, 0.4) is 0 Å². The van der Waals surface area contributed by atoms with Crippen LogP contribution in [0.15, 0.2) is 72.9 Å². The zero-order chi connectivity index (χ0) is 55.4. The van der Waals surface area contributed by atoms with Crippen LogP contribution in [0, 0.1) is 0 Å².